The first-order valence-corrected chi connectivity index (χ1v) is 10.4. The van der Waals surface area contributed by atoms with Crippen LogP contribution < -0.4 is 5.32 Å². The Hall–Kier alpha value is -1.82. The van der Waals surface area contributed by atoms with Crippen LogP contribution in [0.5, 0.6) is 0 Å². The van der Waals surface area contributed by atoms with Gasteiger partial charge in [-0.2, -0.15) is 0 Å². The monoisotopic (exact) mass is 372 g/mol. The van der Waals surface area contributed by atoms with Crippen LogP contribution in [0.4, 0.5) is 0 Å². The highest BCUT2D eigenvalue weighted by atomic mass is 32.2. The molecule has 1 N–H and O–H groups in total. The number of amides is 1. The van der Waals surface area contributed by atoms with Gasteiger partial charge < -0.3 is 5.32 Å². The number of aromatic nitrogens is 3. The Morgan fingerprint density at radius 3 is 2.62 bits per heavy atom. The molecule has 1 aliphatic carbocycles. The van der Waals surface area contributed by atoms with E-state index in [-0.39, 0.29) is 5.91 Å². The van der Waals surface area contributed by atoms with Gasteiger partial charge in [0.25, 0.3) is 0 Å². The first kappa shape index (κ1) is 19.0. The van der Waals surface area contributed by atoms with Crippen molar-refractivity contribution in [3.05, 3.63) is 35.2 Å². The van der Waals surface area contributed by atoms with Crippen molar-refractivity contribution in [2.24, 2.45) is 0 Å². The quantitative estimate of drug-likeness (QED) is 0.633. The van der Waals surface area contributed by atoms with Crippen LogP contribution >= 0.6 is 11.8 Å². The Bertz CT molecular complexity index is 763. The molecule has 0 spiro atoms. The smallest absolute Gasteiger partial charge is 0.230 e. The molecule has 1 aromatic carbocycles. The second-order valence-corrected chi connectivity index (χ2v) is 8.14. The highest BCUT2D eigenvalue weighted by Gasteiger charge is 2.18. The fourth-order valence-corrected chi connectivity index (χ4v) is 4.30. The van der Waals surface area contributed by atoms with E-state index in [2.05, 4.69) is 47.6 Å². The molecule has 0 aliphatic heterocycles. The first-order valence-electron chi connectivity index (χ1n) is 9.46. The van der Waals surface area contributed by atoms with Gasteiger partial charge >= 0.3 is 0 Å². The minimum absolute atomic E-state index is 0.0927. The van der Waals surface area contributed by atoms with E-state index in [0.717, 1.165) is 29.5 Å². The van der Waals surface area contributed by atoms with Gasteiger partial charge in [-0.05, 0) is 50.8 Å². The Labute approximate surface area is 160 Å². The maximum Gasteiger partial charge on any atom is 0.230 e. The van der Waals surface area contributed by atoms with E-state index in [9.17, 15) is 4.79 Å². The number of nitrogens with zero attached hydrogens (tertiary/aromatic N) is 3. The molecule has 1 fully saturated rings. The van der Waals surface area contributed by atoms with Crippen LogP contribution in [0.25, 0.3) is 5.69 Å². The summed E-state index contributed by atoms with van der Waals surface area (Å²) in [5, 5.41) is 12.5. The van der Waals surface area contributed by atoms with Crippen molar-refractivity contribution in [1.82, 2.24) is 20.1 Å². The molecule has 0 radical (unpaired) electrons. The van der Waals surface area contributed by atoms with E-state index in [1.165, 1.54) is 48.6 Å². The molecule has 0 atom stereocenters. The Balaban J connectivity index is 1.67. The third kappa shape index (κ3) is 4.67. The average molecular weight is 373 g/mol. The summed E-state index contributed by atoms with van der Waals surface area (Å²) >= 11 is 1.46. The molecule has 140 valence electrons. The minimum atomic E-state index is 0.0927. The Morgan fingerprint density at radius 1 is 1.15 bits per heavy atom. The molecule has 1 heterocycles. The van der Waals surface area contributed by atoms with E-state index in [4.69, 9.17) is 0 Å². The predicted molar refractivity (Wildman–Crippen MR) is 106 cm³/mol. The van der Waals surface area contributed by atoms with E-state index >= 15 is 0 Å². The highest BCUT2D eigenvalue weighted by molar-refractivity contribution is 7.99. The second-order valence-electron chi connectivity index (χ2n) is 7.20. The van der Waals surface area contributed by atoms with Gasteiger partial charge in [-0.3, -0.25) is 9.36 Å². The predicted octanol–water partition coefficient (Wildman–Crippen LogP) is 4.12. The number of aryl methyl sites for hydroxylation is 3. The molecular formula is C20H28N4OS. The molecular weight excluding hydrogens is 344 g/mol. The number of carbonyl (C=O) groups is 1. The van der Waals surface area contributed by atoms with Gasteiger partial charge in [0, 0.05) is 6.04 Å². The molecule has 26 heavy (non-hydrogen) atoms. The van der Waals surface area contributed by atoms with Crippen LogP contribution in [0.2, 0.25) is 0 Å². The van der Waals surface area contributed by atoms with Crippen LogP contribution in [0.15, 0.2) is 23.4 Å². The van der Waals surface area contributed by atoms with Crippen molar-refractivity contribution in [2.75, 3.05) is 5.75 Å². The van der Waals surface area contributed by atoms with Gasteiger partial charge in [0.15, 0.2) is 5.16 Å². The summed E-state index contributed by atoms with van der Waals surface area (Å²) in [4.78, 5) is 12.4. The van der Waals surface area contributed by atoms with Crippen molar-refractivity contribution in [2.45, 2.75) is 70.5 Å². The molecule has 0 bridgehead atoms. The summed E-state index contributed by atoms with van der Waals surface area (Å²) in [6.07, 6.45) is 7.23. The average Bonchev–Trinajstić information content (AvgIpc) is 2.81. The summed E-state index contributed by atoms with van der Waals surface area (Å²) in [6, 6.07) is 6.69. The van der Waals surface area contributed by atoms with Crippen LogP contribution in [0.3, 0.4) is 0 Å². The number of thioether (sulfide) groups is 1. The highest BCUT2D eigenvalue weighted by Crippen LogP contribution is 2.25. The molecule has 1 amide bonds. The zero-order valence-electron chi connectivity index (χ0n) is 15.9. The van der Waals surface area contributed by atoms with E-state index < -0.39 is 0 Å². The lowest BCUT2D eigenvalue weighted by molar-refractivity contribution is -0.119. The summed E-state index contributed by atoms with van der Waals surface area (Å²) < 4.78 is 2.05. The molecule has 6 heteroatoms. The molecule has 2 aromatic rings. The van der Waals surface area contributed by atoms with Crippen molar-refractivity contribution in [3.63, 3.8) is 0 Å². The SMILES string of the molecule is Cc1ccc(C)c(-n2c(C)nnc2SCC(=O)NC2CCCCCC2)c1. The summed E-state index contributed by atoms with van der Waals surface area (Å²) in [5.41, 5.74) is 3.45. The summed E-state index contributed by atoms with van der Waals surface area (Å²) in [5.74, 6) is 1.31. The molecule has 0 unspecified atom stereocenters. The number of nitrogens with one attached hydrogen (secondary N) is 1. The van der Waals surface area contributed by atoms with Gasteiger partial charge in [0.1, 0.15) is 5.82 Å². The van der Waals surface area contributed by atoms with Crippen molar-refractivity contribution in [3.8, 4) is 5.69 Å². The van der Waals surface area contributed by atoms with Crippen molar-refractivity contribution >= 4 is 17.7 Å². The third-order valence-electron chi connectivity index (χ3n) is 4.95. The Morgan fingerprint density at radius 2 is 1.88 bits per heavy atom. The number of hydrogen-bond acceptors (Lipinski definition) is 4. The molecule has 3 rings (SSSR count). The standard InChI is InChI=1S/C20H28N4OS/c1-14-10-11-15(2)18(12-14)24-16(3)22-23-20(24)26-13-19(25)21-17-8-6-4-5-7-9-17/h10-12,17H,4-9,13H2,1-3H3,(H,21,25). The van der Waals surface area contributed by atoms with Crippen molar-refractivity contribution < 1.29 is 4.79 Å². The van der Waals surface area contributed by atoms with Gasteiger partial charge in [0.2, 0.25) is 5.91 Å². The molecule has 5 nitrogen and oxygen atoms in total. The number of rotatable bonds is 5. The lowest BCUT2D eigenvalue weighted by Gasteiger charge is -2.16. The zero-order valence-corrected chi connectivity index (χ0v) is 16.7. The third-order valence-corrected chi connectivity index (χ3v) is 5.88. The van der Waals surface area contributed by atoms with Gasteiger partial charge in [-0.1, -0.05) is 49.6 Å². The zero-order chi connectivity index (χ0) is 18.5. The fraction of sp³-hybridized carbons (Fsp3) is 0.550. The van der Waals surface area contributed by atoms with Crippen molar-refractivity contribution in [1.29, 1.82) is 0 Å². The van der Waals surface area contributed by atoms with E-state index in [0.29, 0.717) is 11.8 Å². The van der Waals surface area contributed by atoms with Gasteiger partial charge in [0.05, 0.1) is 11.4 Å². The lowest BCUT2D eigenvalue weighted by Crippen LogP contribution is -2.35. The summed E-state index contributed by atoms with van der Waals surface area (Å²) in [7, 11) is 0. The molecule has 1 aliphatic rings. The number of benzene rings is 1. The maximum atomic E-state index is 12.4. The van der Waals surface area contributed by atoms with E-state index in [1.807, 2.05) is 11.5 Å². The largest absolute Gasteiger partial charge is 0.353 e. The first-order chi connectivity index (χ1) is 12.5. The molecule has 1 aromatic heterocycles. The normalized spacial score (nSPS) is 15.7. The lowest BCUT2D eigenvalue weighted by atomic mass is 10.1. The van der Waals surface area contributed by atoms with Crippen LogP contribution in [0.1, 0.15) is 55.5 Å². The number of carbonyl (C=O) groups excluding carboxylic acids is 1. The van der Waals surface area contributed by atoms with Gasteiger partial charge in [-0.15, -0.1) is 10.2 Å². The fourth-order valence-electron chi connectivity index (χ4n) is 3.50. The molecule has 0 saturated heterocycles. The second kappa shape index (κ2) is 8.71. The Kier molecular flexibility index (Phi) is 6.35. The maximum absolute atomic E-state index is 12.4. The number of hydrogen-bond donors (Lipinski definition) is 1. The van der Waals surface area contributed by atoms with Crippen LogP contribution in [-0.2, 0) is 4.79 Å². The van der Waals surface area contributed by atoms with Gasteiger partial charge in [-0.25, -0.2) is 0 Å². The van der Waals surface area contributed by atoms with Crippen LogP contribution in [0, 0.1) is 20.8 Å². The summed E-state index contributed by atoms with van der Waals surface area (Å²) in [6.45, 7) is 6.11. The topological polar surface area (TPSA) is 59.8 Å². The minimum Gasteiger partial charge on any atom is -0.353 e. The van der Waals surface area contributed by atoms with E-state index in [1.54, 1.807) is 0 Å². The van der Waals surface area contributed by atoms with Crippen LogP contribution in [-0.4, -0.2) is 32.5 Å². The molecule has 1 saturated carbocycles.